The molecule has 2 fully saturated rings. The Bertz CT molecular complexity index is 769. The van der Waals surface area contributed by atoms with Crippen LogP contribution in [0.2, 0.25) is 0 Å². The van der Waals surface area contributed by atoms with Crippen LogP contribution >= 0.6 is 22.6 Å². The summed E-state index contributed by atoms with van der Waals surface area (Å²) in [6, 6.07) is 6.87. The smallest absolute Gasteiger partial charge is 0.266 e. The molecule has 0 saturated heterocycles. The van der Waals surface area contributed by atoms with Gasteiger partial charge in [-0.15, -0.1) is 0 Å². The van der Waals surface area contributed by atoms with Crippen LogP contribution in [0.15, 0.2) is 38.8 Å². The average Bonchev–Trinajstić information content (AvgIpc) is 2.97. The van der Waals surface area contributed by atoms with Crippen molar-refractivity contribution in [1.82, 2.24) is 0 Å². The van der Waals surface area contributed by atoms with Crippen molar-refractivity contribution in [2.24, 2.45) is 23.2 Å². The van der Waals surface area contributed by atoms with Gasteiger partial charge in [0, 0.05) is 0 Å². The van der Waals surface area contributed by atoms with Crippen molar-refractivity contribution < 1.29 is 12.6 Å². The fraction of sp³-hybridized carbons (Fsp3) is 0.619. The summed E-state index contributed by atoms with van der Waals surface area (Å²) < 4.78 is 32.7. The van der Waals surface area contributed by atoms with Crippen LogP contribution in [0.5, 0.6) is 0 Å². The molecule has 0 spiro atoms. The Morgan fingerprint density at radius 2 is 2.00 bits per heavy atom. The van der Waals surface area contributed by atoms with Gasteiger partial charge >= 0.3 is 0 Å². The second kappa shape index (κ2) is 7.92. The normalized spacial score (nSPS) is 31.8. The fourth-order valence-corrected chi connectivity index (χ4v) is 6.98. The maximum absolute atomic E-state index is 12.5. The molecule has 144 valence electrons. The first-order valence-electron chi connectivity index (χ1n) is 9.53. The second-order valence-corrected chi connectivity index (χ2v) is 10.5. The Labute approximate surface area is 171 Å². The Hall–Kier alpha value is -0.400. The van der Waals surface area contributed by atoms with Crippen LogP contribution in [0.1, 0.15) is 51.5 Å². The highest BCUT2D eigenvalue weighted by Gasteiger charge is 2.50. The van der Waals surface area contributed by atoms with Crippen molar-refractivity contribution in [3.05, 3.63) is 39.5 Å². The molecule has 0 bridgehead atoms. The van der Waals surface area contributed by atoms with Crippen molar-refractivity contribution in [3.63, 3.8) is 0 Å². The number of benzene rings is 1. The molecule has 3 rings (SSSR count). The summed E-state index contributed by atoms with van der Waals surface area (Å²) in [6.45, 7) is 6.79. The largest absolute Gasteiger partial charge is 0.296 e. The van der Waals surface area contributed by atoms with Crippen LogP contribution in [0.25, 0.3) is 0 Å². The van der Waals surface area contributed by atoms with Gasteiger partial charge in [0.05, 0.1) is 11.5 Å². The van der Waals surface area contributed by atoms with E-state index in [1.54, 1.807) is 17.7 Å². The Kier molecular flexibility index (Phi) is 6.19. The third-order valence-corrected chi connectivity index (χ3v) is 8.76. The summed E-state index contributed by atoms with van der Waals surface area (Å²) in [7, 11) is -3.68. The van der Waals surface area contributed by atoms with E-state index in [9.17, 15) is 8.42 Å². The van der Waals surface area contributed by atoms with Crippen molar-refractivity contribution >= 4 is 32.7 Å². The lowest BCUT2D eigenvalue weighted by molar-refractivity contribution is 0.0762. The number of rotatable bonds is 5. The standard InChI is InChI=1S/C21H29IO3S/c1-15-6-8-18(9-7-15)26(23,24)25-14-16(2)19-10-11-20-17(13-22)5-4-12-21(19,20)3/h6-9,13,16,19-20H,4-5,10-12,14H2,1-3H3/t16-,19+,20?,21+/m0/s1. The average molecular weight is 488 g/mol. The van der Waals surface area contributed by atoms with E-state index in [0.29, 0.717) is 11.8 Å². The minimum absolute atomic E-state index is 0.235. The summed E-state index contributed by atoms with van der Waals surface area (Å²) in [4.78, 5) is 0.249. The van der Waals surface area contributed by atoms with E-state index >= 15 is 0 Å². The van der Waals surface area contributed by atoms with Gasteiger partial charge in [-0.25, -0.2) is 0 Å². The number of aryl methyl sites for hydroxylation is 1. The Morgan fingerprint density at radius 1 is 1.31 bits per heavy atom. The summed E-state index contributed by atoms with van der Waals surface area (Å²) in [5, 5.41) is 0. The third-order valence-electron chi connectivity index (χ3n) is 6.66. The van der Waals surface area contributed by atoms with Crippen LogP contribution in [0.4, 0.5) is 0 Å². The number of hydrogen-bond acceptors (Lipinski definition) is 3. The lowest BCUT2D eigenvalue weighted by atomic mass is 9.61. The zero-order valence-corrected chi connectivity index (χ0v) is 18.8. The van der Waals surface area contributed by atoms with Crippen molar-refractivity contribution in [3.8, 4) is 0 Å². The maximum Gasteiger partial charge on any atom is 0.296 e. The Balaban J connectivity index is 1.68. The number of hydrogen-bond donors (Lipinski definition) is 0. The van der Waals surface area contributed by atoms with E-state index in [4.69, 9.17) is 4.18 Å². The van der Waals surface area contributed by atoms with Gasteiger partial charge in [0.1, 0.15) is 0 Å². The number of halogens is 1. The SMILES string of the molecule is Cc1ccc(S(=O)(=O)OC[C@H](C)[C@H]2CCC3C(=CI)CCC[C@@]32C)cc1. The molecule has 0 radical (unpaired) electrons. The molecule has 1 unspecified atom stereocenters. The van der Waals surface area contributed by atoms with Crippen LogP contribution in [0, 0.1) is 30.1 Å². The first kappa shape index (κ1) is 20.3. The molecule has 2 saturated carbocycles. The van der Waals surface area contributed by atoms with E-state index < -0.39 is 10.1 Å². The lowest BCUT2D eigenvalue weighted by Gasteiger charge is -2.44. The van der Waals surface area contributed by atoms with Gasteiger partial charge in [0.2, 0.25) is 0 Å². The molecular formula is C21H29IO3S. The van der Waals surface area contributed by atoms with Gasteiger partial charge in [0.15, 0.2) is 0 Å². The first-order chi connectivity index (χ1) is 12.3. The van der Waals surface area contributed by atoms with Gasteiger partial charge in [-0.1, -0.05) is 59.7 Å². The topological polar surface area (TPSA) is 43.4 Å². The van der Waals surface area contributed by atoms with Crippen molar-refractivity contribution in [2.75, 3.05) is 6.61 Å². The fourth-order valence-electron chi connectivity index (χ4n) is 5.23. The van der Waals surface area contributed by atoms with Crippen molar-refractivity contribution in [1.29, 1.82) is 0 Å². The maximum atomic E-state index is 12.5. The highest BCUT2D eigenvalue weighted by molar-refractivity contribution is 14.1. The predicted octanol–water partition coefficient (Wildman–Crippen LogP) is 5.87. The number of allylic oxidation sites excluding steroid dienone is 1. The molecule has 0 heterocycles. The zero-order valence-electron chi connectivity index (χ0n) is 15.9. The second-order valence-electron chi connectivity index (χ2n) is 8.31. The first-order valence-corrected chi connectivity index (χ1v) is 12.2. The molecule has 26 heavy (non-hydrogen) atoms. The summed E-state index contributed by atoms with van der Waals surface area (Å²) >= 11 is 2.38. The van der Waals surface area contributed by atoms with Gasteiger partial charge in [-0.2, -0.15) is 8.42 Å². The molecule has 2 aliphatic rings. The van der Waals surface area contributed by atoms with Gasteiger partial charge in [-0.3, -0.25) is 4.18 Å². The summed E-state index contributed by atoms with van der Waals surface area (Å²) in [5.74, 6) is 1.42. The van der Waals surface area contributed by atoms with Crippen molar-refractivity contribution in [2.45, 2.75) is 57.8 Å². The van der Waals surface area contributed by atoms with E-state index in [1.807, 2.05) is 19.1 Å². The molecule has 1 aromatic carbocycles. The monoisotopic (exact) mass is 488 g/mol. The number of fused-ring (bicyclic) bond motifs is 1. The molecule has 1 aromatic rings. The molecule has 0 amide bonds. The molecule has 4 atom stereocenters. The molecule has 2 aliphatic carbocycles. The van der Waals surface area contributed by atoms with Gasteiger partial charge in [0.25, 0.3) is 10.1 Å². The predicted molar refractivity (Wildman–Crippen MR) is 114 cm³/mol. The highest BCUT2D eigenvalue weighted by Crippen LogP contribution is 2.59. The zero-order chi connectivity index (χ0) is 18.9. The molecular weight excluding hydrogens is 459 g/mol. The van der Waals surface area contributed by atoms with E-state index in [1.165, 1.54) is 32.1 Å². The molecule has 3 nitrogen and oxygen atoms in total. The van der Waals surface area contributed by atoms with Crippen LogP contribution in [-0.4, -0.2) is 15.0 Å². The van der Waals surface area contributed by atoms with Crippen LogP contribution < -0.4 is 0 Å². The minimum Gasteiger partial charge on any atom is -0.266 e. The highest BCUT2D eigenvalue weighted by atomic mass is 127. The Morgan fingerprint density at radius 3 is 2.65 bits per heavy atom. The molecule has 0 N–H and O–H groups in total. The minimum atomic E-state index is -3.68. The van der Waals surface area contributed by atoms with E-state index in [-0.39, 0.29) is 22.8 Å². The summed E-state index contributed by atoms with van der Waals surface area (Å²) in [6.07, 6.45) is 6.11. The van der Waals surface area contributed by atoms with E-state index in [2.05, 4.69) is 40.5 Å². The third kappa shape index (κ3) is 3.90. The molecule has 0 aliphatic heterocycles. The molecule has 5 heteroatoms. The van der Waals surface area contributed by atoms with Gasteiger partial charge < -0.3 is 0 Å². The van der Waals surface area contributed by atoms with Gasteiger partial charge in [-0.05, 0) is 78.4 Å². The summed E-state index contributed by atoms with van der Waals surface area (Å²) in [5.41, 5.74) is 2.92. The lowest BCUT2D eigenvalue weighted by Crippen LogP contribution is -2.37. The van der Waals surface area contributed by atoms with Crippen LogP contribution in [0.3, 0.4) is 0 Å². The molecule has 0 aromatic heterocycles. The quantitative estimate of drug-likeness (QED) is 0.385. The van der Waals surface area contributed by atoms with E-state index in [0.717, 1.165) is 5.56 Å². The van der Waals surface area contributed by atoms with Crippen LogP contribution in [-0.2, 0) is 14.3 Å².